The summed E-state index contributed by atoms with van der Waals surface area (Å²) in [6.07, 6.45) is 1.58. The quantitative estimate of drug-likeness (QED) is 0.457. The first-order valence-corrected chi connectivity index (χ1v) is 4.39. The average molecular weight is 208 g/mol. The van der Waals surface area contributed by atoms with Gasteiger partial charge in [0.15, 0.2) is 5.69 Å². The highest BCUT2D eigenvalue weighted by molar-refractivity contribution is 5.69. The molecule has 0 atom stereocenters. The van der Waals surface area contributed by atoms with Crippen molar-refractivity contribution in [2.24, 2.45) is 0 Å². The van der Waals surface area contributed by atoms with Crippen LogP contribution in [-0.4, -0.2) is 18.6 Å². The van der Waals surface area contributed by atoms with E-state index in [0.29, 0.717) is 18.0 Å². The van der Waals surface area contributed by atoms with Crippen LogP contribution in [0, 0.1) is 10.1 Å². The van der Waals surface area contributed by atoms with Gasteiger partial charge in [-0.1, -0.05) is 18.7 Å². The molecular weight excluding hydrogens is 196 g/mol. The second-order valence-corrected chi connectivity index (χ2v) is 2.76. The van der Waals surface area contributed by atoms with Crippen molar-refractivity contribution < 1.29 is 9.66 Å². The van der Waals surface area contributed by atoms with Gasteiger partial charge in [-0.15, -0.1) is 0 Å². The number of hydrogen-bond donors (Lipinski definition) is 1. The fraction of sp³-hybridized carbons (Fsp3) is 0.200. The lowest BCUT2D eigenvalue weighted by molar-refractivity contribution is -0.384. The van der Waals surface area contributed by atoms with Gasteiger partial charge in [0.1, 0.15) is 12.4 Å². The number of nitrogens with zero attached hydrogens (tertiary/aromatic N) is 1. The van der Waals surface area contributed by atoms with E-state index in [1.165, 1.54) is 6.07 Å². The normalized spacial score (nSPS) is 9.40. The second-order valence-electron chi connectivity index (χ2n) is 2.76. The fourth-order valence-electron chi connectivity index (χ4n) is 1.19. The van der Waals surface area contributed by atoms with E-state index < -0.39 is 4.92 Å². The molecule has 80 valence electrons. The third-order valence-corrected chi connectivity index (χ3v) is 1.81. The molecule has 0 unspecified atom stereocenters. The zero-order valence-corrected chi connectivity index (χ0v) is 8.40. The first-order chi connectivity index (χ1) is 7.20. The highest BCUT2D eigenvalue weighted by Crippen LogP contribution is 2.33. The molecular formula is C10H12N2O3. The topological polar surface area (TPSA) is 64.4 Å². The minimum Gasteiger partial charge on any atom is -0.487 e. The highest BCUT2D eigenvalue weighted by Gasteiger charge is 2.16. The Morgan fingerprint density at radius 1 is 1.67 bits per heavy atom. The van der Waals surface area contributed by atoms with E-state index in [2.05, 4.69) is 11.9 Å². The lowest BCUT2D eigenvalue weighted by Gasteiger charge is -2.09. The van der Waals surface area contributed by atoms with E-state index >= 15 is 0 Å². The Kier molecular flexibility index (Phi) is 3.68. The highest BCUT2D eigenvalue weighted by atomic mass is 16.6. The van der Waals surface area contributed by atoms with Crippen molar-refractivity contribution in [1.82, 2.24) is 0 Å². The Balaban J connectivity index is 3.09. The third-order valence-electron chi connectivity index (χ3n) is 1.81. The van der Waals surface area contributed by atoms with Crippen LogP contribution >= 0.6 is 0 Å². The van der Waals surface area contributed by atoms with Crippen molar-refractivity contribution in [3.8, 4) is 5.75 Å². The number of ether oxygens (including phenoxy) is 1. The van der Waals surface area contributed by atoms with Crippen molar-refractivity contribution >= 4 is 11.4 Å². The van der Waals surface area contributed by atoms with Crippen LogP contribution in [0.25, 0.3) is 0 Å². The van der Waals surface area contributed by atoms with Crippen LogP contribution in [0.2, 0.25) is 0 Å². The Labute approximate surface area is 87.5 Å². The van der Waals surface area contributed by atoms with E-state index in [1.54, 1.807) is 25.3 Å². The molecule has 0 spiro atoms. The summed E-state index contributed by atoms with van der Waals surface area (Å²) in [5, 5.41) is 13.4. The smallest absolute Gasteiger partial charge is 0.296 e. The van der Waals surface area contributed by atoms with Crippen LogP contribution in [-0.2, 0) is 0 Å². The third kappa shape index (κ3) is 2.46. The number of nitrogens with one attached hydrogen (secondary N) is 1. The van der Waals surface area contributed by atoms with Gasteiger partial charge in [-0.3, -0.25) is 10.1 Å². The Hall–Kier alpha value is -2.04. The van der Waals surface area contributed by atoms with E-state index in [9.17, 15) is 10.1 Å². The molecule has 1 aromatic carbocycles. The first kappa shape index (κ1) is 11.0. The summed E-state index contributed by atoms with van der Waals surface area (Å²) in [6, 6.07) is 4.67. The number of nitro groups is 1. The van der Waals surface area contributed by atoms with Crippen LogP contribution in [0.5, 0.6) is 5.75 Å². The minimum absolute atomic E-state index is 0.000868. The van der Waals surface area contributed by atoms with Crippen molar-refractivity contribution in [3.05, 3.63) is 41.0 Å². The van der Waals surface area contributed by atoms with Gasteiger partial charge in [-0.2, -0.15) is 0 Å². The van der Waals surface area contributed by atoms with Crippen molar-refractivity contribution in [1.29, 1.82) is 0 Å². The SMILES string of the molecule is C=CCOc1cccc([N+](=O)[O-])c1NC. The summed E-state index contributed by atoms with van der Waals surface area (Å²) in [5.74, 6) is 0.451. The fourth-order valence-corrected chi connectivity index (χ4v) is 1.19. The largest absolute Gasteiger partial charge is 0.487 e. The lowest BCUT2D eigenvalue weighted by atomic mass is 10.2. The van der Waals surface area contributed by atoms with Crippen LogP contribution in [0.1, 0.15) is 0 Å². The second kappa shape index (κ2) is 4.99. The summed E-state index contributed by atoms with van der Waals surface area (Å²) in [4.78, 5) is 10.2. The van der Waals surface area contributed by atoms with Gasteiger partial charge in [0.2, 0.25) is 0 Å². The molecule has 15 heavy (non-hydrogen) atoms. The van der Waals surface area contributed by atoms with Crippen LogP contribution < -0.4 is 10.1 Å². The van der Waals surface area contributed by atoms with Gasteiger partial charge >= 0.3 is 0 Å². The summed E-state index contributed by atoms with van der Waals surface area (Å²) in [6.45, 7) is 3.82. The lowest BCUT2D eigenvalue weighted by Crippen LogP contribution is -2.01. The van der Waals surface area contributed by atoms with E-state index in [4.69, 9.17) is 4.74 Å². The van der Waals surface area contributed by atoms with Crippen LogP contribution in [0.4, 0.5) is 11.4 Å². The molecule has 5 heteroatoms. The standard InChI is InChI=1S/C10H12N2O3/c1-3-7-15-9-6-4-5-8(12(13)14)10(9)11-2/h3-6,11H,1,7H2,2H3. The zero-order chi connectivity index (χ0) is 11.3. The van der Waals surface area contributed by atoms with Crippen LogP contribution in [0.15, 0.2) is 30.9 Å². The number of nitro benzene ring substituents is 1. The summed E-state index contributed by atoms with van der Waals surface area (Å²) < 4.78 is 5.28. The maximum absolute atomic E-state index is 10.7. The molecule has 0 aliphatic heterocycles. The van der Waals surface area contributed by atoms with Gasteiger partial charge in [0, 0.05) is 13.1 Å². The van der Waals surface area contributed by atoms with E-state index in [1.807, 2.05) is 0 Å². The average Bonchev–Trinajstić information content (AvgIpc) is 2.25. The Morgan fingerprint density at radius 2 is 2.40 bits per heavy atom. The number of para-hydroxylation sites is 1. The maximum atomic E-state index is 10.7. The predicted octanol–water partition coefficient (Wildman–Crippen LogP) is 2.20. The van der Waals surface area contributed by atoms with E-state index in [0.717, 1.165) is 0 Å². The Morgan fingerprint density at radius 3 is 2.93 bits per heavy atom. The molecule has 0 aromatic heterocycles. The number of benzene rings is 1. The molecule has 0 saturated carbocycles. The molecule has 0 aliphatic carbocycles. The van der Waals surface area contributed by atoms with Crippen molar-refractivity contribution in [2.75, 3.05) is 19.0 Å². The van der Waals surface area contributed by atoms with Gasteiger partial charge in [0.25, 0.3) is 5.69 Å². The van der Waals surface area contributed by atoms with Gasteiger partial charge in [-0.25, -0.2) is 0 Å². The summed E-state index contributed by atoms with van der Waals surface area (Å²) >= 11 is 0. The van der Waals surface area contributed by atoms with Crippen molar-refractivity contribution in [3.63, 3.8) is 0 Å². The van der Waals surface area contributed by atoms with Gasteiger partial charge in [-0.05, 0) is 6.07 Å². The molecule has 0 heterocycles. The molecule has 0 radical (unpaired) electrons. The molecule has 1 N–H and O–H groups in total. The predicted molar refractivity (Wildman–Crippen MR) is 58.3 cm³/mol. The van der Waals surface area contributed by atoms with Gasteiger partial charge in [0.05, 0.1) is 4.92 Å². The first-order valence-electron chi connectivity index (χ1n) is 4.39. The summed E-state index contributed by atoms with van der Waals surface area (Å²) in [7, 11) is 1.61. The Bertz CT molecular complexity index is 377. The number of anilines is 1. The number of rotatable bonds is 5. The monoisotopic (exact) mass is 208 g/mol. The van der Waals surface area contributed by atoms with Gasteiger partial charge < -0.3 is 10.1 Å². The maximum Gasteiger partial charge on any atom is 0.296 e. The van der Waals surface area contributed by atoms with Crippen molar-refractivity contribution in [2.45, 2.75) is 0 Å². The molecule has 0 amide bonds. The number of hydrogen-bond acceptors (Lipinski definition) is 4. The van der Waals surface area contributed by atoms with E-state index in [-0.39, 0.29) is 5.69 Å². The molecule has 0 saturated heterocycles. The van der Waals surface area contributed by atoms with Crippen LogP contribution in [0.3, 0.4) is 0 Å². The molecule has 1 rings (SSSR count). The molecule has 0 aliphatic rings. The molecule has 1 aromatic rings. The zero-order valence-electron chi connectivity index (χ0n) is 8.40. The molecule has 0 fully saturated rings. The molecule has 5 nitrogen and oxygen atoms in total. The minimum atomic E-state index is -0.452. The molecule has 0 bridgehead atoms. The summed E-state index contributed by atoms with van der Waals surface area (Å²) in [5.41, 5.74) is 0.378.